The minimum Gasteiger partial charge on any atom is -0.480 e. The summed E-state index contributed by atoms with van der Waals surface area (Å²) in [5, 5.41) is 7.94. The molecule has 0 aliphatic rings. The van der Waals surface area contributed by atoms with Crippen molar-refractivity contribution in [3.05, 3.63) is 0 Å². The maximum Gasteiger partial charge on any atom is 0.460 e. The van der Waals surface area contributed by atoms with Crippen LogP contribution < -0.4 is 0 Å². The summed E-state index contributed by atoms with van der Waals surface area (Å²) in [6, 6.07) is 0. The normalized spacial score (nSPS) is 16.5. The van der Waals surface area contributed by atoms with E-state index in [1.165, 1.54) is 0 Å². The second-order valence-corrected chi connectivity index (χ2v) is 5.42. The quantitative estimate of drug-likeness (QED) is 0.447. The van der Waals surface area contributed by atoms with Crippen LogP contribution in [0.2, 0.25) is 0 Å². The van der Waals surface area contributed by atoms with Crippen molar-refractivity contribution in [2.75, 3.05) is 0 Å². The van der Waals surface area contributed by atoms with Gasteiger partial charge in [-0.3, -0.25) is 4.79 Å². The molecular formula is C10HF19O2. The van der Waals surface area contributed by atoms with E-state index >= 15 is 0 Å². The minimum atomic E-state index is -9.14. The average molecular weight is 514 g/mol. The van der Waals surface area contributed by atoms with Crippen molar-refractivity contribution in [3.8, 4) is 0 Å². The zero-order valence-corrected chi connectivity index (χ0v) is 13.0. The van der Waals surface area contributed by atoms with E-state index in [4.69, 9.17) is 5.11 Å². The van der Waals surface area contributed by atoms with E-state index < -0.39 is 59.5 Å². The zero-order chi connectivity index (χ0) is 26.1. The highest BCUT2D eigenvalue weighted by atomic mass is 19.4. The van der Waals surface area contributed by atoms with Gasteiger partial charge in [-0.1, -0.05) is 0 Å². The fourth-order valence-corrected chi connectivity index (χ4v) is 1.90. The maximum atomic E-state index is 13.6. The summed E-state index contributed by atoms with van der Waals surface area (Å²) in [6.07, 6.45) is -24.5. The van der Waals surface area contributed by atoms with Crippen molar-refractivity contribution in [2.45, 2.75) is 48.1 Å². The number of carboxylic acids is 1. The number of halogens is 19. The Kier molecular flexibility index (Phi) is 6.41. The monoisotopic (exact) mass is 514 g/mol. The molecule has 186 valence electrons. The average Bonchev–Trinajstić information content (AvgIpc) is 2.41. The first-order valence-corrected chi connectivity index (χ1v) is 6.27. The van der Waals surface area contributed by atoms with Crippen molar-refractivity contribution in [1.82, 2.24) is 0 Å². The molecule has 0 aromatic rings. The third kappa shape index (κ3) is 3.32. The van der Waals surface area contributed by atoms with Gasteiger partial charge in [-0.25, -0.2) is 0 Å². The highest BCUT2D eigenvalue weighted by Crippen LogP contribution is 2.68. The second-order valence-electron chi connectivity index (χ2n) is 5.42. The first-order chi connectivity index (χ1) is 12.9. The Morgan fingerprint density at radius 1 is 0.387 bits per heavy atom. The Hall–Kier alpha value is -1.86. The molecule has 0 aliphatic heterocycles. The number of alkyl halides is 19. The smallest absolute Gasteiger partial charge is 0.460 e. The summed E-state index contributed by atoms with van der Waals surface area (Å²) in [6.45, 7) is 0. The summed E-state index contributed by atoms with van der Waals surface area (Å²) >= 11 is 0. The molecule has 0 atom stereocenters. The molecule has 0 bridgehead atoms. The molecule has 0 spiro atoms. The molecule has 0 rings (SSSR count). The second kappa shape index (κ2) is 6.82. The predicted octanol–water partition coefficient (Wildman–Crippen LogP) is 5.92. The summed E-state index contributed by atoms with van der Waals surface area (Å²) in [4.78, 5) is 10.3. The first-order valence-electron chi connectivity index (χ1n) is 6.27. The van der Waals surface area contributed by atoms with Crippen LogP contribution in [0.3, 0.4) is 0 Å². The standard InChI is InChI=1S/C10HF19O2/c11-3(12,2(1(30)31,8(21,22)23)9(24,25)26)4(13,14)5(15,16)6(17,18)7(19,20)10(27,28)29/h(H,30,31). The SMILES string of the molecule is O=C(O)C(C(F)(F)F)(C(F)(F)F)C(F)(F)C(F)(F)C(F)(F)C(F)(F)C(F)(F)C(F)(F)F. The van der Waals surface area contributed by atoms with Crippen molar-refractivity contribution < 1.29 is 93.3 Å². The molecular weight excluding hydrogens is 513 g/mol. The first kappa shape index (κ1) is 29.1. The van der Waals surface area contributed by atoms with Crippen molar-refractivity contribution in [3.63, 3.8) is 0 Å². The molecule has 31 heavy (non-hydrogen) atoms. The molecule has 0 aliphatic carbocycles. The summed E-state index contributed by atoms with van der Waals surface area (Å²) in [5.74, 6) is -49.6. The van der Waals surface area contributed by atoms with Crippen molar-refractivity contribution in [1.29, 1.82) is 0 Å². The molecule has 21 heteroatoms. The van der Waals surface area contributed by atoms with Gasteiger partial charge in [-0.15, -0.1) is 0 Å². The van der Waals surface area contributed by atoms with Crippen molar-refractivity contribution in [2.24, 2.45) is 5.41 Å². The molecule has 0 heterocycles. The Bertz CT molecular complexity index is 678. The van der Waals surface area contributed by atoms with Crippen LogP contribution in [0.25, 0.3) is 0 Å². The fourth-order valence-electron chi connectivity index (χ4n) is 1.90. The number of carbonyl (C=O) groups is 1. The molecule has 0 aromatic carbocycles. The highest BCUT2D eigenvalue weighted by molar-refractivity contribution is 5.79. The van der Waals surface area contributed by atoms with Crippen LogP contribution in [0.1, 0.15) is 0 Å². The van der Waals surface area contributed by atoms with E-state index in [0.717, 1.165) is 0 Å². The number of rotatable bonds is 6. The molecule has 0 amide bonds. The molecule has 0 radical (unpaired) electrons. The van der Waals surface area contributed by atoms with Gasteiger partial charge in [0, 0.05) is 0 Å². The Morgan fingerprint density at radius 2 is 0.613 bits per heavy atom. The molecule has 0 fully saturated rings. The lowest BCUT2D eigenvalue weighted by atomic mass is 9.73. The fraction of sp³-hybridized carbons (Fsp3) is 0.900. The molecule has 0 aromatic heterocycles. The van der Waals surface area contributed by atoms with E-state index in [9.17, 15) is 88.2 Å². The van der Waals surface area contributed by atoms with Gasteiger partial charge in [0.1, 0.15) is 0 Å². The van der Waals surface area contributed by atoms with E-state index in [1.54, 1.807) is 0 Å². The third-order valence-electron chi connectivity index (χ3n) is 3.58. The van der Waals surface area contributed by atoms with Gasteiger partial charge in [0.05, 0.1) is 0 Å². The van der Waals surface area contributed by atoms with Crippen LogP contribution >= 0.6 is 0 Å². The van der Waals surface area contributed by atoms with E-state index in [2.05, 4.69) is 0 Å². The highest BCUT2D eigenvalue weighted by Gasteiger charge is 2.99. The van der Waals surface area contributed by atoms with Crippen LogP contribution in [0.5, 0.6) is 0 Å². The Labute approximate surface area is 154 Å². The lowest BCUT2D eigenvalue weighted by Gasteiger charge is -2.45. The number of hydrogen-bond acceptors (Lipinski definition) is 1. The molecule has 0 saturated carbocycles. The Morgan fingerprint density at radius 3 is 0.806 bits per heavy atom. The van der Waals surface area contributed by atoms with Crippen LogP contribution in [-0.4, -0.2) is 59.2 Å². The van der Waals surface area contributed by atoms with E-state index in [1.807, 2.05) is 0 Å². The minimum absolute atomic E-state index is 5.15. The van der Waals surface area contributed by atoms with Crippen LogP contribution in [0.15, 0.2) is 0 Å². The summed E-state index contributed by atoms with van der Waals surface area (Å²) in [5.41, 5.74) is -8.37. The van der Waals surface area contributed by atoms with Gasteiger partial charge in [0.2, 0.25) is 0 Å². The van der Waals surface area contributed by atoms with Gasteiger partial charge in [-0.05, 0) is 0 Å². The van der Waals surface area contributed by atoms with E-state index in [0.29, 0.717) is 0 Å². The summed E-state index contributed by atoms with van der Waals surface area (Å²) in [7, 11) is 0. The molecule has 0 unspecified atom stereocenters. The number of aliphatic carboxylic acids is 1. The lowest BCUT2D eigenvalue weighted by molar-refractivity contribution is -0.472. The van der Waals surface area contributed by atoms with Gasteiger partial charge >= 0.3 is 59.5 Å². The van der Waals surface area contributed by atoms with Crippen LogP contribution in [0, 0.1) is 5.41 Å². The van der Waals surface area contributed by atoms with Crippen molar-refractivity contribution >= 4 is 5.97 Å². The third-order valence-corrected chi connectivity index (χ3v) is 3.58. The molecule has 0 saturated heterocycles. The van der Waals surface area contributed by atoms with Crippen LogP contribution in [0.4, 0.5) is 83.4 Å². The number of carboxylic acid groups (broad SMARTS) is 1. The Balaban J connectivity index is 7.42. The number of hydrogen-bond donors (Lipinski definition) is 1. The van der Waals surface area contributed by atoms with Gasteiger partial charge < -0.3 is 5.11 Å². The zero-order valence-electron chi connectivity index (χ0n) is 13.0. The summed E-state index contributed by atoms with van der Waals surface area (Å²) < 4.78 is 242. The van der Waals surface area contributed by atoms with Gasteiger partial charge in [0.25, 0.3) is 0 Å². The predicted molar refractivity (Wildman–Crippen MR) is 53.0 cm³/mol. The van der Waals surface area contributed by atoms with Gasteiger partial charge in [-0.2, -0.15) is 83.4 Å². The maximum absolute atomic E-state index is 13.6. The topological polar surface area (TPSA) is 37.3 Å². The molecule has 2 nitrogen and oxygen atoms in total. The van der Waals surface area contributed by atoms with E-state index in [-0.39, 0.29) is 0 Å². The largest absolute Gasteiger partial charge is 0.480 e. The van der Waals surface area contributed by atoms with Crippen LogP contribution in [-0.2, 0) is 4.79 Å². The molecule has 1 N–H and O–H groups in total. The van der Waals surface area contributed by atoms with Gasteiger partial charge in [0.15, 0.2) is 0 Å². The lowest BCUT2D eigenvalue weighted by Crippen LogP contribution is -2.77.